The number of aromatic nitrogens is 1. The van der Waals surface area contributed by atoms with Gasteiger partial charge in [-0.1, -0.05) is 30.3 Å². The number of nitrogens with one attached hydrogen (secondary N) is 1. The van der Waals surface area contributed by atoms with E-state index in [0.717, 1.165) is 5.56 Å². The van der Waals surface area contributed by atoms with Gasteiger partial charge in [0.1, 0.15) is 6.07 Å². The van der Waals surface area contributed by atoms with Crippen LogP contribution in [0.4, 0.5) is 5.69 Å². The molecule has 0 aliphatic carbocycles. The van der Waals surface area contributed by atoms with Gasteiger partial charge in [0.25, 0.3) is 0 Å². The third-order valence-electron chi connectivity index (χ3n) is 2.61. The molecule has 0 bridgehead atoms. The molecule has 2 rings (SSSR count). The van der Waals surface area contributed by atoms with Crippen LogP contribution in [0.1, 0.15) is 17.2 Å². The van der Waals surface area contributed by atoms with Crippen molar-refractivity contribution in [1.82, 2.24) is 4.98 Å². The summed E-state index contributed by atoms with van der Waals surface area (Å²) in [5.74, 6) is 0. The maximum atomic E-state index is 9.98. The maximum absolute atomic E-state index is 9.98. The van der Waals surface area contributed by atoms with E-state index in [1.165, 1.54) is 0 Å². The van der Waals surface area contributed by atoms with Gasteiger partial charge in [0, 0.05) is 12.7 Å². The second kappa shape index (κ2) is 5.80. The zero-order valence-corrected chi connectivity index (χ0v) is 9.74. The molecule has 4 nitrogen and oxygen atoms in total. The largest absolute Gasteiger partial charge is 0.387 e. The first-order valence-electron chi connectivity index (χ1n) is 5.62. The molecule has 2 aromatic rings. The number of nitriles is 1. The van der Waals surface area contributed by atoms with Crippen LogP contribution >= 0.6 is 0 Å². The predicted molar refractivity (Wildman–Crippen MR) is 68.8 cm³/mol. The van der Waals surface area contributed by atoms with Gasteiger partial charge in [-0.05, 0) is 11.6 Å². The van der Waals surface area contributed by atoms with Crippen LogP contribution in [0.2, 0.25) is 0 Å². The highest BCUT2D eigenvalue weighted by molar-refractivity contribution is 5.55. The highest BCUT2D eigenvalue weighted by Gasteiger charge is 2.08. The molecule has 1 aromatic carbocycles. The Morgan fingerprint density at radius 1 is 1.28 bits per heavy atom. The normalized spacial score (nSPS) is 11.6. The topological polar surface area (TPSA) is 68.9 Å². The van der Waals surface area contributed by atoms with E-state index in [4.69, 9.17) is 5.26 Å². The molecule has 1 unspecified atom stereocenters. The van der Waals surface area contributed by atoms with Gasteiger partial charge in [0.05, 0.1) is 23.6 Å². The Morgan fingerprint density at radius 3 is 2.78 bits per heavy atom. The lowest BCUT2D eigenvalue weighted by Gasteiger charge is -2.13. The molecular weight excluding hydrogens is 226 g/mol. The summed E-state index contributed by atoms with van der Waals surface area (Å²) in [6.45, 7) is 0.338. The number of pyridine rings is 1. The van der Waals surface area contributed by atoms with Crippen molar-refractivity contribution >= 4 is 5.69 Å². The first-order chi connectivity index (χ1) is 8.81. The Bertz CT molecular complexity index is 548. The minimum Gasteiger partial charge on any atom is -0.387 e. The number of rotatable bonds is 4. The number of anilines is 1. The average molecular weight is 239 g/mol. The first kappa shape index (κ1) is 12.1. The molecule has 1 heterocycles. The number of aliphatic hydroxyl groups excluding tert-OH is 1. The standard InChI is InChI=1S/C14H13N3O/c15-8-12-6-7-16-9-13(12)17-10-14(18)11-4-2-1-3-5-11/h1-7,9,14,17-18H,10H2. The summed E-state index contributed by atoms with van der Waals surface area (Å²) in [6, 6.07) is 13.1. The predicted octanol–water partition coefficient (Wildman–Crippen LogP) is 2.10. The summed E-state index contributed by atoms with van der Waals surface area (Å²) in [6.07, 6.45) is 2.53. The lowest BCUT2D eigenvalue weighted by Crippen LogP contribution is -2.12. The molecule has 0 amide bonds. The highest BCUT2D eigenvalue weighted by atomic mass is 16.3. The van der Waals surface area contributed by atoms with Gasteiger partial charge < -0.3 is 10.4 Å². The molecule has 0 aliphatic rings. The summed E-state index contributed by atoms with van der Waals surface area (Å²) in [5, 5.41) is 21.9. The highest BCUT2D eigenvalue weighted by Crippen LogP contribution is 2.16. The van der Waals surface area contributed by atoms with Crippen LogP contribution < -0.4 is 5.32 Å². The summed E-state index contributed by atoms with van der Waals surface area (Å²) in [4.78, 5) is 3.95. The summed E-state index contributed by atoms with van der Waals surface area (Å²) in [5.41, 5.74) is 1.99. The van der Waals surface area contributed by atoms with Gasteiger partial charge >= 0.3 is 0 Å². The third-order valence-corrected chi connectivity index (χ3v) is 2.61. The molecule has 0 saturated heterocycles. The number of hydrogen-bond donors (Lipinski definition) is 2. The van der Waals surface area contributed by atoms with Crippen LogP contribution in [0, 0.1) is 11.3 Å². The smallest absolute Gasteiger partial charge is 0.101 e. The van der Waals surface area contributed by atoms with E-state index in [-0.39, 0.29) is 0 Å². The van der Waals surface area contributed by atoms with Gasteiger partial charge in [0.15, 0.2) is 0 Å². The molecule has 4 heteroatoms. The molecule has 90 valence electrons. The monoisotopic (exact) mass is 239 g/mol. The summed E-state index contributed by atoms with van der Waals surface area (Å²) < 4.78 is 0. The van der Waals surface area contributed by atoms with Crippen molar-refractivity contribution < 1.29 is 5.11 Å². The Morgan fingerprint density at radius 2 is 2.06 bits per heavy atom. The van der Waals surface area contributed by atoms with Crippen molar-refractivity contribution in [2.45, 2.75) is 6.10 Å². The van der Waals surface area contributed by atoms with Gasteiger partial charge in [-0.15, -0.1) is 0 Å². The molecule has 18 heavy (non-hydrogen) atoms. The van der Waals surface area contributed by atoms with Gasteiger partial charge in [-0.25, -0.2) is 0 Å². The van der Waals surface area contributed by atoms with Crippen molar-refractivity contribution in [1.29, 1.82) is 5.26 Å². The van der Waals surface area contributed by atoms with E-state index >= 15 is 0 Å². The van der Waals surface area contributed by atoms with E-state index in [1.807, 2.05) is 30.3 Å². The molecule has 0 radical (unpaired) electrons. The number of aliphatic hydroxyl groups is 1. The van der Waals surface area contributed by atoms with Crippen LogP contribution in [0.25, 0.3) is 0 Å². The third kappa shape index (κ3) is 2.84. The van der Waals surface area contributed by atoms with Crippen molar-refractivity contribution in [3.05, 3.63) is 59.9 Å². The zero-order valence-electron chi connectivity index (χ0n) is 9.74. The van der Waals surface area contributed by atoms with Crippen molar-refractivity contribution in [3.63, 3.8) is 0 Å². The average Bonchev–Trinajstić information content (AvgIpc) is 2.46. The Labute approximate surface area is 106 Å². The van der Waals surface area contributed by atoms with E-state index in [2.05, 4.69) is 16.4 Å². The zero-order chi connectivity index (χ0) is 12.8. The molecular formula is C14H13N3O. The summed E-state index contributed by atoms with van der Waals surface area (Å²) >= 11 is 0. The molecule has 0 fully saturated rings. The lowest BCUT2D eigenvalue weighted by molar-refractivity contribution is 0.191. The molecule has 1 aromatic heterocycles. The Balaban J connectivity index is 2.02. The molecule has 2 N–H and O–H groups in total. The van der Waals surface area contributed by atoms with Gasteiger partial charge in [-0.3, -0.25) is 4.98 Å². The fourth-order valence-corrected chi connectivity index (χ4v) is 1.63. The van der Waals surface area contributed by atoms with Crippen LogP contribution in [0.15, 0.2) is 48.8 Å². The van der Waals surface area contributed by atoms with Crippen LogP contribution in [-0.2, 0) is 0 Å². The van der Waals surface area contributed by atoms with Crippen LogP contribution in [0.3, 0.4) is 0 Å². The molecule has 1 atom stereocenters. The minimum absolute atomic E-state index is 0.338. The van der Waals surface area contributed by atoms with Gasteiger partial charge in [-0.2, -0.15) is 5.26 Å². The van der Waals surface area contributed by atoms with Crippen LogP contribution in [0.5, 0.6) is 0 Å². The molecule has 0 saturated carbocycles. The van der Waals surface area contributed by atoms with Crippen molar-refractivity contribution in [2.75, 3.05) is 11.9 Å². The van der Waals surface area contributed by atoms with Crippen LogP contribution in [-0.4, -0.2) is 16.6 Å². The second-order valence-corrected chi connectivity index (χ2v) is 3.84. The van der Waals surface area contributed by atoms with E-state index < -0.39 is 6.10 Å². The Kier molecular flexibility index (Phi) is 3.90. The van der Waals surface area contributed by atoms with Gasteiger partial charge in [0.2, 0.25) is 0 Å². The van der Waals surface area contributed by atoms with E-state index in [9.17, 15) is 5.11 Å². The number of benzene rings is 1. The maximum Gasteiger partial charge on any atom is 0.101 e. The molecule has 0 aliphatic heterocycles. The second-order valence-electron chi connectivity index (χ2n) is 3.84. The van der Waals surface area contributed by atoms with E-state index in [0.29, 0.717) is 17.8 Å². The SMILES string of the molecule is N#Cc1ccncc1NCC(O)c1ccccc1. The summed E-state index contributed by atoms with van der Waals surface area (Å²) in [7, 11) is 0. The number of hydrogen-bond acceptors (Lipinski definition) is 4. The first-order valence-corrected chi connectivity index (χ1v) is 5.62. The van der Waals surface area contributed by atoms with E-state index in [1.54, 1.807) is 18.5 Å². The van der Waals surface area contributed by atoms with Crippen molar-refractivity contribution in [3.8, 4) is 6.07 Å². The fourth-order valence-electron chi connectivity index (χ4n) is 1.63. The quantitative estimate of drug-likeness (QED) is 0.857. The minimum atomic E-state index is -0.613. The number of nitrogens with zero attached hydrogens (tertiary/aromatic N) is 2. The fraction of sp³-hybridized carbons (Fsp3) is 0.143. The molecule has 0 spiro atoms. The Hall–Kier alpha value is -2.38. The lowest BCUT2D eigenvalue weighted by atomic mass is 10.1. The van der Waals surface area contributed by atoms with Crippen molar-refractivity contribution in [2.24, 2.45) is 0 Å².